The van der Waals surface area contributed by atoms with E-state index in [0.717, 1.165) is 12.1 Å². The second kappa shape index (κ2) is 7.68. The van der Waals surface area contributed by atoms with Gasteiger partial charge in [-0.2, -0.15) is 5.10 Å². The Morgan fingerprint density at radius 3 is 2.88 bits per heavy atom. The number of halogens is 2. The number of carbonyl (C=O) groups excluding carboxylic acids is 1. The average Bonchev–Trinajstić information content (AvgIpc) is 3.18. The van der Waals surface area contributed by atoms with Crippen LogP contribution in [0.1, 0.15) is 18.5 Å². The van der Waals surface area contributed by atoms with Gasteiger partial charge in [0, 0.05) is 24.4 Å². The molecule has 1 amide bonds. The minimum absolute atomic E-state index is 0.103. The standard InChI is InChI=1S/C17H15F2N5O2/c1-11(24-10-20-9-23-24)16(25)22-8-12-3-2-6-21-17(12)26-13-4-5-14(18)15(19)7-13/h2-7,9-11H,8H2,1H3,(H,22,25)/t11-/m1/s1. The molecule has 1 atom stereocenters. The molecule has 9 heteroatoms. The summed E-state index contributed by atoms with van der Waals surface area (Å²) in [5, 5.41) is 6.67. The third-order valence-corrected chi connectivity index (χ3v) is 3.62. The van der Waals surface area contributed by atoms with Crippen LogP contribution in [0.2, 0.25) is 0 Å². The van der Waals surface area contributed by atoms with Crippen LogP contribution in [0, 0.1) is 11.6 Å². The molecule has 0 aliphatic carbocycles. The van der Waals surface area contributed by atoms with Crippen molar-refractivity contribution in [1.82, 2.24) is 25.1 Å². The number of ether oxygens (including phenoxy) is 1. The number of aromatic nitrogens is 4. The topological polar surface area (TPSA) is 81.9 Å². The Hall–Kier alpha value is -3.36. The van der Waals surface area contributed by atoms with Crippen molar-refractivity contribution < 1.29 is 18.3 Å². The zero-order valence-corrected chi connectivity index (χ0v) is 13.8. The molecule has 0 fully saturated rings. The molecule has 26 heavy (non-hydrogen) atoms. The number of nitrogens with zero attached hydrogens (tertiary/aromatic N) is 4. The molecule has 2 aromatic heterocycles. The number of nitrogens with one attached hydrogen (secondary N) is 1. The molecule has 1 aromatic carbocycles. The SMILES string of the molecule is C[C@H](C(=O)NCc1cccnc1Oc1ccc(F)c(F)c1)n1cncn1. The van der Waals surface area contributed by atoms with Gasteiger partial charge in [-0.15, -0.1) is 0 Å². The summed E-state index contributed by atoms with van der Waals surface area (Å²) in [5.74, 6) is -1.96. The molecule has 7 nitrogen and oxygen atoms in total. The minimum atomic E-state index is -1.02. The average molecular weight is 359 g/mol. The van der Waals surface area contributed by atoms with Gasteiger partial charge in [-0.3, -0.25) is 4.79 Å². The van der Waals surface area contributed by atoms with Crippen LogP contribution in [0.5, 0.6) is 11.6 Å². The molecule has 2 heterocycles. The van der Waals surface area contributed by atoms with Gasteiger partial charge in [0.25, 0.3) is 0 Å². The predicted molar refractivity (Wildman–Crippen MR) is 87.2 cm³/mol. The fourth-order valence-electron chi connectivity index (χ4n) is 2.17. The highest BCUT2D eigenvalue weighted by molar-refractivity contribution is 5.79. The van der Waals surface area contributed by atoms with Crippen molar-refractivity contribution in [3.05, 3.63) is 66.4 Å². The summed E-state index contributed by atoms with van der Waals surface area (Å²) in [6.45, 7) is 1.83. The van der Waals surface area contributed by atoms with Gasteiger partial charge in [-0.25, -0.2) is 23.4 Å². The highest BCUT2D eigenvalue weighted by atomic mass is 19.2. The van der Waals surface area contributed by atoms with Crippen molar-refractivity contribution in [3.63, 3.8) is 0 Å². The van der Waals surface area contributed by atoms with Crippen molar-refractivity contribution in [2.45, 2.75) is 19.5 Å². The van der Waals surface area contributed by atoms with Crippen LogP contribution >= 0.6 is 0 Å². The Bertz CT molecular complexity index is 902. The first-order valence-corrected chi connectivity index (χ1v) is 7.73. The summed E-state index contributed by atoms with van der Waals surface area (Å²) in [4.78, 5) is 20.1. The van der Waals surface area contributed by atoms with E-state index in [1.165, 1.54) is 29.6 Å². The number of benzene rings is 1. The number of rotatable bonds is 6. The second-order valence-corrected chi connectivity index (χ2v) is 5.41. The molecule has 0 aliphatic rings. The summed E-state index contributed by atoms with van der Waals surface area (Å²) in [5.41, 5.74) is 0.580. The van der Waals surface area contributed by atoms with Gasteiger partial charge in [-0.1, -0.05) is 6.07 Å². The van der Waals surface area contributed by atoms with E-state index >= 15 is 0 Å². The molecule has 3 aromatic rings. The minimum Gasteiger partial charge on any atom is -0.439 e. The Balaban J connectivity index is 1.69. The first kappa shape index (κ1) is 17.5. The maximum Gasteiger partial charge on any atom is 0.244 e. The van der Waals surface area contributed by atoms with Gasteiger partial charge in [0.2, 0.25) is 11.8 Å². The van der Waals surface area contributed by atoms with Crippen LogP contribution in [0.3, 0.4) is 0 Å². The molecule has 0 saturated heterocycles. The molecule has 1 N–H and O–H groups in total. The van der Waals surface area contributed by atoms with Crippen molar-refractivity contribution in [1.29, 1.82) is 0 Å². The lowest BCUT2D eigenvalue weighted by Crippen LogP contribution is -2.31. The van der Waals surface area contributed by atoms with Gasteiger partial charge in [-0.05, 0) is 25.1 Å². The Morgan fingerprint density at radius 1 is 1.31 bits per heavy atom. The van der Waals surface area contributed by atoms with Crippen LogP contribution in [0.4, 0.5) is 8.78 Å². The van der Waals surface area contributed by atoms with E-state index in [1.807, 2.05) is 0 Å². The van der Waals surface area contributed by atoms with Crippen molar-refractivity contribution >= 4 is 5.91 Å². The lowest BCUT2D eigenvalue weighted by atomic mass is 10.2. The summed E-state index contributed by atoms with van der Waals surface area (Å²) >= 11 is 0. The number of carbonyl (C=O) groups is 1. The summed E-state index contributed by atoms with van der Waals surface area (Å²) in [6, 6.07) is 6.05. The fourth-order valence-corrected chi connectivity index (χ4v) is 2.17. The van der Waals surface area contributed by atoms with E-state index in [-0.39, 0.29) is 24.1 Å². The Labute approximate surface area is 147 Å². The first-order chi connectivity index (χ1) is 12.5. The molecule has 134 valence electrons. The number of amides is 1. The Kier molecular flexibility index (Phi) is 5.16. The van der Waals surface area contributed by atoms with Crippen molar-refractivity contribution in [3.8, 4) is 11.6 Å². The summed E-state index contributed by atoms with van der Waals surface area (Å²) in [7, 11) is 0. The molecule has 0 saturated carbocycles. The van der Waals surface area contributed by atoms with Gasteiger partial charge < -0.3 is 10.1 Å². The third-order valence-electron chi connectivity index (χ3n) is 3.62. The van der Waals surface area contributed by atoms with Crippen molar-refractivity contribution in [2.24, 2.45) is 0 Å². The van der Waals surface area contributed by atoms with E-state index < -0.39 is 17.7 Å². The quantitative estimate of drug-likeness (QED) is 0.732. The van der Waals surface area contributed by atoms with E-state index in [2.05, 4.69) is 20.4 Å². The largest absolute Gasteiger partial charge is 0.439 e. The maximum absolute atomic E-state index is 13.3. The lowest BCUT2D eigenvalue weighted by molar-refractivity contribution is -0.124. The van der Waals surface area contributed by atoms with Gasteiger partial charge in [0.1, 0.15) is 24.4 Å². The van der Waals surface area contributed by atoms with Crippen molar-refractivity contribution in [2.75, 3.05) is 0 Å². The van der Waals surface area contributed by atoms with Crippen LogP contribution in [-0.2, 0) is 11.3 Å². The molecule has 0 bridgehead atoms. The molecule has 3 rings (SSSR count). The van der Waals surface area contributed by atoms with Gasteiger partial charge in [0.15, 0.2) is 11.6 Å². The smallest absolute Gasteiger partial charge is 0.244 e. The molecule has 0 radical (unpaired) electrons. The predicted octanol–water partition coefficient (Wildman–Crippen LogP) is 2.62. The van der Waals surface area contributed by atoms with Gasteiger partial charge in [0.05, 0.1) is 0 Å². The monoisotopic (exact) mass is 359 g/mol. The summed E-state index contributed by atoms with van der Waals surface area (Å²) in [6.07, 6.45) is 4.29. The van der Waals surface area contributed by atoms with Gasteiger partial charge >= 0.3 is 0 Å². The molecular formula is C17H15F2N5O2. The molecule has 0 spiro atoms. The van der Waals surface area contributed by atoms with Crippen LogP contribution < -0.4 is 10.1 Å². The highest BCUT2D eigenvalue weighted by Gasteiger charge is 2.16. The Morgan fingerprint density at radius 2 is 2.15 bits per heavy atom. The zero-order chi connectivity index (χ0) is 18.5. The number of hydrogen-bond acceptors (Lipinski definition) is 5. The second-order valence-electron chi connectivity index (χ2n) is 5.41. The number of pyridine rings is 1. The van der Waals surface area contributed by atoms with Crippen LogP contribution in [-0.4, -0.2) is 25.7 Å². The highest BCUT2D eigenvalue weighted by Crippen LogP contribution is 2.24. The van der Waals surface area contributed by atoms with E-state index in [9.17, 15) is 13.6 Å². The third kappa shape index (κ3) is 4.00. The maximum atomic E-state index is 13.3. The fraction of sp³-hybridized carbons (Fsp3) is 0.176. The van der Waals surface area contributed by atoms with E-state index in [1.54, 1.807) is 19.1 Å². The van der Waals surface area contributed by atoms with E-state index in [4.69, 9.17) is 4.74 Å². The number of hydrogen-bond donors (Lipinski definition) is 1. The van der Waals surface area contributed by atoms with Crippen LogP contribution in [0.15, 0.2) is 49.2 Å². The molecular weight excluding hydrogens is 344 g/mol. The lowest BCUT2D eigenvalue weighted by Gasteiger charge is -2.14. The molecule has 0 aliphatic heterocycles. The van der Waals surface area contributed by atoms with Crippen LogP contribution in [0.25, 0.3) is 0 Å². The normalized spacial score (nSPS) is 11.8. The zero-order valence-electron chi connectivity index (χ0n) is 13.8. The summed E-state index contributed by atoms with van der Waals surface area (Å²) < 4.78 is 33.3. The first-order valence-electron chi connectivity index (χ1n) is 7.73. The van der Waals surface area contributed by atoms with E-state index in [0.29, 0.717) is 5.56 Å². The molecule has 0 unspecified atom stereocenters.